The zero-order valence-corrected chi connectivity index (χ0v) is 15.9. The largest absolute Gasteiger partial charge is 0.418 e. The molecule has 0 heterocycles. The normalized spacial score (nSPS) is 12.4. The van der Waals surface area contributed by atoms with Gasteiger partial charge in [0.15, 0.2) is 0 Å². The van der Waals surface area contributed by atoms with Gasteiger partial charge in [0, 0.05) is 44.3 Å². The molecule has 3 N–H and O–H groups in total. The first kappa shape index (κ1) is 23.5. The van der Waals surface area contributed by atoms with Crippen LogP contribution in [0.3, 0.4) is 0 Å². The van der Waals surface area contributed by atoms with Gasteiger partial charge in [-0.2, -0.15) is 8.42 Å². The van der Waals surface area contributed by atoms with E-state index in [1.807, 2.05) is 0 Å². The van der Waals surface area contributed by atoms with Crippen LogP contribution in [0.15, 0.2) is 0 Å². The van der Waals surface area contributed by atoms with Crippen LogP contribution in [0.5, 0.6) is 0 Å². The Morgan fingerprint density at radius 1 is 0.950 bits per heavy atom. The van der Waals surface area contributed by atoms with Crippen LogP contribution in [0, 0.1) is 0 Å². The molecule has 0 saturated heterocycles. The number of rotatable bonds is 11. The molecular formula is C10H24CaNO6PS. The SMILES string of the molecule is CCCCCCCCCCN(P(=O)(O)O)S(=O)(=O)O.[Ca]. The van der Waals surface area contributed by atoms with E-state index >= 15 is 0 Å². The van der Waals surface area contributed by atoms with Crippen molar-refractivity contribution in [1.29, 1.82) is 0 Å². The fraction of sp³-hybridized carbons (Fsp3) is 1.00. The predicted molar refractivity (Wildman–Crippen MR) is 78.7 cm³/mol. The molecule has 0 atom stereocenters. The first-order chi connectivity index (χ1) is 8.69. The van der Waals surface area contributed by atoms with Gasteiger partial charge in [-0.15, -0.1) is 0 Å². The summed E-state index contributed by atoms with van der Waals surface area (Å²) in [5.74, 6) is 0. The monoisotopic (exact) mass is 357 g/mol. The van der Waals surface area contributed by atoms with Crippen LogP contribution >= 0.6 is 7.75 Å². The molecule has 20 heavy (non-hydrogen) atoms. The van der Waals surface area contributed by atoms with Gasteiger partial charge in [-0.1, -0.05) is 55.9 Å². The van der Waals surface area contributed by atoms with Gasteiger partial charge in [0.1, 0.15) is 0 Å². The Morgan fingerprint density at radius 2 is 1.35 bits per heavy atom. The molecule has 2 radical (unpaired) electrons. The summed E-state index contributed by atoms with van der Waals surface area (Å²) in [6.45, 7) is 1.77. The van der Waals surface area contributed by atoms with Crippen molar-refractivity contribution in [2.24, 2.45) is 0 Å². The summed E-state index contributed by atoms with van der Waals surface area (Å²) in [5.41, 5.74) is 0. The molecule has 0 aliphatic carbocycles. The Balaban J connectivity index is 0. The molecule has 118 valence electrons. The van der Waals surface area contributed by atoms with Gasteiger partial charge in [0.2, 0.25) is 0 Å². The van der Waals surface area contributed by atoms with Gasteiger partial charge in [-0.3, -0.25) is 4.55 Å². The van der Waals surface area contributed by atoms with Crippen LogP contribution in [0.2, 0.25) is 0 Å². The molecule has 0 unspecified atom stereocenters. The Bertz CT molecular complexity index is 385. The predicted octanol–water partition coefficient (Wildman–Crippen LogP) is 1.94. The molecule has 0 aliphatic heterocycles. The van der Waals surface area contributed by atoms with Crippen LogP contribution < -0.4 is 0 Å². The standard InChI is InChI=1S/C10H24NO6PS.Ca/c1-2-3-4-5-6-7-8-9-10-11(18(12,13)14)19(15,16)17;/h2-10H2,1H3,(H2,12,13,14)(H,15,16,17);. The Labute approximate surface area is 151 Å². The fourth-order valence-electron chi connectivity index (χ4n) is 1.76. The zero-order valence-electron chi connectivity index (χ0n) is 11.9. The minimum atomic E-state index is -4.97. The molecule has 0 fully saturated rings. The molecule has 0 aromatic carbocycles. The smallest absolute Gasteiger partial charge is 0.312 e. The maximum Gasteiger partial charge on any atom is 0.418 e. The van der Waals surface area contributed by atoms with Crippen molar-refractivity contribution in [2.45, 2.75) is 58.3 Å². The molecule has 0 bridgehead atoms. The second-order valence-corrected chi connectivity index (χ2v) is 7.63. The first-order valence-corrected chi connectivity index (χ1v) is 9.47. The summed E-state index contributed by atoms with van der Waals surface area (Å²) in [7, 11) is -9.83. The Kier molecular flexibility index (Phi) is 13.9. The van der Waals surface area contributed by atoms with Crippen molar-refractivity contribution in [2.75, 3.05) is 6.54 Å². The molecule has 0 spiro atoms. The third kappa shape index (κ3) is 11.9. The summed E-state index contributed by atoms with van der Waals surface area (Å²) in [6, 6.07) is 0. The van der Waals surface area contributed by atoms with E-state index in [-0.39, 0.29) is 48.4 Å². The number of unbranched alkanes of at least 4 members (excludes halogenated alkanes) is 7. The second-order valence-electron chi connectivity index (χ2n) is 4.51. The van der Waals surface area contributed by atoms with Crippen LogP contribution in [0.1, 0.15) is 58.3 Å². The average Bonchev–Trinajstić information content (AvgIpc) is 2.23. The van der Waals surface area contributed by atoms with E-state index < -0.39 is 18.1 Å². The Morgan fingerprint density at radius 3 is 1.70 bits per heavy atom. The summed E-state index contributed by atoms with van der Waals surface area (Å²) in [4.78, 5) is 17.6. The Hall–Kier alpha value is 1.28. The molecule has 0 aromatic heterocycles. The fourth-order valence-corrected chi connectivity index (χ4v) is 3.60. The van der Waals surface area contributed by atoms with E-state index in [1.165, 1.54) is 19.3 Å². The maximum atomic E-state index is 10.9. The van der Waals surface area contributed by atoms with E-state index in [4.69, 9.17) is 14.3 Å². The van der Waals surface area contributed by atoms with Crippen molar-refractivity contribution < 1.29 is 27.3 Å². The van der Waals surface area contributed by atoms with Crippen LogP contribution in [0.4, 0.5) is 0 Å². The van der Waals surface area contributed by atoms with Gasteiger partial charge in [0.05, 0.1) is 0 Å². The topological polar surface area (TPSA) is 115 Å². The molecule has 10 heteroatoms. The molecule has 0 amide bonds. The quantitative estimate of drug-likeness (QED) is 0.225. The summed E-state index contributed by atoms with van der Waals surface area (Å²) in [5, 5.41) is 0. The number of hydrogen-bond acceptors (Lipinski definition) is 3. The first-order valence-electron chi connectivity index (χ1n) is 6.50. The van der Waals surface area contributed by atoms with E-state index in [9.17, 15) is 13.0 Å². The molecular weight excluding hydrogens is 333 g/mol. The molecule has 0 aliphatic rings. The van der Waals surface area contributed by atoms with Crippen LogP contribution in [-0.2, 0) is 14.9 Å². The van der Waals surface area contributed by atoms with Gasteiger partial charge in [-0.05, 0) is 6.42 Å². The van der Waals surface area contributed by atoms with Crippen molar-refractivity contribution in [1.82, 2.24) is 4.08 Å². The van der Waals surface area contributed by atoms with Crippen LogP contribution in [-0.4, -0.2) is 71.1 Å². The molecule has 0 aromatic rings. The van der Waals surface area contributed by atoms with E-state index in [1.54, 1.807) is 0 Å². The average molecular weight is 357 g/mol. The summed E-state index contributed by atoms with van der Waals surface area (Å²) < 4.78 is 41.1. The molecule has 0 rings (SSSR count). The third-order valence-corrected chi connectivity index (χ3v) is 5.51. The number of hydrogen-bond donors (Lipinski definition) is 3. The van der Waals surface area contributed by atoms with Crippen molar-refractivity contribution in [3.8, 4) is 0 Å². The molecule has 7 nitrogen and oxygen atoms in total. The van der Waals surface area contributed by atoms with Gasteiger partial charge in [0.25, 0.3) is 0 Å². The third-order valence-electron chi connectivity index (χ3n) is 2.76. The minimum Gasteiger partial charge on any atom is -0.312 e. The van der Waals surface area contributed by atoms with Crippen molar-refractivity contribution >= 4 is 55.8 Å². The second kappa shape index (κ2) is 11.8. The summed E-state index contributed by atoms with van der Waals surface area (Å²) in [6.07, 6.45) is 7.59. The summed E-state index contributed by atoms with van der Waals surface area (Å²) >= 11 is 0. The van der Waals surface area contributed by atoms with Gasteiger partial charge >= 0.3 is 18.1 Å². The maximum absolute atomic E-state index is 10.9. The molecule has 0 saturated carbocycles. The van der Waals surface area contributed by atoms with Gasteiger partial charge in [-0.25, -0.2) is 4.57 Å². The van der Waals surface area contributed by atoms with E-state index in [0.29, 0.717) is 12.8 Å². The zero-order chi connectivity index (χ0) is 14.9. The van der Waals surface area contributed by atoms with Crippen molar-refractivity contribution in [3.05, 3.63) is 0 Å². The van der Waals surface area contributed by atoms with Gasteiger partial charge < -0.3 is 9.79 Å². The van der Waals surface area contributed by atoms with Crippen LogP contribution in [0.25, 0.3) is 0 Å². The number of nitrogens with zero attached hydrogens (tertiary/aromatic N) is 1. The minimum absolute atomic E-state index is 0. The van der Waals surface area contributed by atoms with Crippen molar-refractivity contribution in [3.63, 3.8) is 0 Å². The van der Waals surface area contributed by atoms with E-state index in [0.717, 1.165) is 19.3 Å². The van der Waals surface area contributed by atoms with E-state index in [2.05, 4.69) is 6.92 Å².